The van der Waals surface area contributed by atoms with Gasteiger partial charge < -0.3 is 0 Å². The van der Waals surface area contributed by atoms with Crippen LogP contribution in [0.1, 0.15) is 0 Å². The second-order valence-corrected chi connectivity index (χ2v) is 5.38. The number of halogens is 1. The summed E-state index contributed by atoms with van der Waals surface area (Å²) < 4.78 is 14.9. The highest BCUT2D eigenvalue weighted by molar-refractivity contribution is 7.28. The smallest absolute Gasteiger partial charge is 0.265 e. The average molecular weight is 258 g/mol. The Morgan fingerprint density at radius 1 is 1.38 bits per heavy atom. The first-order valence-corrected chi connectivity index (χ1v) is 6.54. The van der Waals surface area contributed by atoms with Gasteiger partial charge in [-0.15, -0.1) is 20.3 Å². The summed E-state index contributed by atoms with van der Waals surface area (Å²) in [4.78, 5) is 12.0. The molecule has 0 radical (unpaired) electrons. The van der Waals surface area contributed by atoms with Crippen molar-refractivity contribution in [1.29, 1.82) is 0 Å². The van der Waals surface area contributed by atoms with Crippen LogP contribution in [-0.4, -0.2) is 14.5 Å². The number of rotatable bonds is 2. The van der Waals surface area contributed by atoms with Crippen molar-refractivity contribution in [2.75, 3.05) is 5.88 Å². The van der Waals surface area contributed by atoms with E-state index in [-0.39, 0.29) is 11.4 Å². The monoisotopic (exact) mass is 257 g/mol. The van der Waals surface area contributed by atoms with E-state index < -0.39 is 7.73 Å². The van der Waals surface area contributed by atoms with Crippen LogP contribution in [0.5, 0.6) is 0 Å². The van der Waals surface area contributed by atoms with Gasteiger partial charge in [0.1, 0.15) is 0 Å². The van der Waals surface area contributed by atoms with Crippen LogP contribution in [0, 0.1) is 0 Å². The van der Waals surface area contributed by atoms with Crippen molar-refractivity contribution < 1.29 is 4.57 Å². The molecule has 0 saturated carbocycles. The lowest BCUT2D eigenvalue weighted by molar-refractivity contribution is 0.575. The predicted octanol–water partition coefficient (Wildman–Crippen LogP) is 2.32. The van der Waals surface area contributed by atoms with E-state index in [0.717, 1.165) is 0 Å². The number of benzene rings is 1. The molecule has 1 aromatic heterocycles. The van der Waals surface area contributed by atoms with E-state index in [9.17, 15) is 9.36 Å². The van der Waals surface area contributed by atoms with Crippen LogP contribution in [0.2, 0.25) is 0 Å². The maximum Gasteiger partial charge on any atom is 0.598 e. The predicted molar refractivity (Wildman–Crippen MR) is 65.5 cm³/mol. The first-order chi connectivity index (χ1) is 7.66. The van der Waals surface area contributed by atoms with Gasteiger partial charge in [-0.2, -0.15) is 0 Å². The molecule has 1 atom stereocenters. The second-order valence-electron chi connectivity index (χ2n) is 3.41. The van der Waals surface area contributed by atoms with E-state index in [0.29, 0.717) is 17.4 Å². The van der Waals surface area contributed by atoms with Crippen LogP contribution in [-0.2, 0) is 18.2 Å². The van der Waals surface area contributed by atoms with Gasteiger partial charge in [-0.3, -0.25) is 4.79 Å². The highest BCUT2D eigenvalue weighted by atomic mass is 35.5. The van der Waals surface area contributed by atoms with Crippen LogP contribution >= 0.6 is 19.3 Å². The highest BCUT2D eigenvalue weighted by Gasteiger charge is 2.18. The van der Waals surface area contributed by atoms with E-state index >= 15 is 0 Å². The lowest BCUT2D eigenvalue weighted by Crippen LogP contribution is -2.20. The van der Waals surface area contributed by atoms with E-state index in [1.165, 1.54) is 4.33 Å². The number of para-hydroxylation sites is 1. The molecule has 6 heteroatoms. The van der Waals surface area contributed by atoms with E-state index in [1.54, 1.807) is 29.6 Å². The Balaban J connectivity index is 2.95. The Kier molecular flexibility index (Phi) is 3.13. The van der Waals surface area contributed by atoms with Gasteiger partial charge in [0.05, 0.1) is 24.5 Å². The first-order valence-electron chi connectivity index (χ1n) is 4.84. The number of nitrogens with zero attached hydrogens (tertiary/aromatic N) is 2. The van der Waals surface area contributed by atoms with Crippen LogP contribution in [0.15, 0.2) is 29.1 Å². The Bertz CT molecular complexity index is 647. The lowest BCUT2D eigenvalue weighted by Gasteiger charge is -2.00. The van der Waals surface area contributed by atoms with Gasteiger partial charge in [-0.25, -0.2) is 0 Å². The summed E-state index contributed by atoms with van der Waals surface area (Å²) in [5.74, 6) is 0.281. The number of hydrogen-bond donors (Lipinski definition) is 0. The van der Waals surface area contributed by atoms with Crippen molar-refractivity contribution in [1.82, 2.24) is 8.66 Å². The molecular weight excluding hydrogens is 247 g/mol. The van der Waals surface area contributed by atoms with Gasteiger partial charge in [0.2, 0.25) is 0 Å². The molecule has 1 heterocycles. The highest BCUT2D eigenvalue weighted by Crippen LogP contribution is 2.18. The number of aryl methyl sites for hydroxylation is 1. The third-order valence-electron chi connectivity index (χ3n) is 2.48. The maximum atomic E-state index is 12.0. The molecule has 0 N–H and O–H groups in total. The Morgan fingerprint density at radius 2 is 2.06 bits per heavy atom. The first kappa shape index (κ1) is 11.4. The molecule has 0 aliphatic carbocycles. The van der Waals surface area contributed by atoms with Gasteiger partial charge in [-0.05, 0) is 16.7 Å². The minimum Gasteiger partial charge on any atom is -0.265 e. The molecule has 16 heavy (non-hydrogen) atoms. The molecule has 4 nitrogen and oxygen atoms in total. The van der Waals surface area contributed by atoms with Gasteiger partial charge in [0, 0.05) is 5.88 Å². The number of hydrogen-bond acceptors (Lipinski definition) is 2. The van der Waals surface area contributed by atoms with Crippen molar-refractivity contribution in [2.24, 2.45) is 7.05 Å². The zero-order valence-electron chi connectivity index (χ0n) is 8.76. The fourth-order valence-electron chi connectivity index (χ4n) is 1.67. The van der Waals surface area contributed by atoms with Gasteiger partial charge in [0.15, 0.2) is 0 Å². The summed E-state index contributed by atoms with van der Waals surface area (Å²) in [6.07, 6.45) is 0. The fourth-order valence-corrected chi connectivity index (χ4v) is 3.18. The Hall–Kier alpha value is -1.12. The van der Waals surface area contributed by atoms with Crippen molar-refractivity contribution in [3.05, 3.63) is 34.6 Å². The Morgan fingerprint density at radius 3 is 2.75 bits per heavy atom. The molecule has 84 valence electrons. The molecular formula is C10H11ClN2O2P+. The average Bonchev–Trinajstić information content (AvgIpc) is 2.32. The summed E-state index contributed by atoms with van der Waals surface area (Å²) in [5, 5.41) is 0.574. The van der Waals surface area contributed by atoms with Gasteiger partial charge in [-0.1, -0.05) is 12.1 Å². The molecule has 1 unspecified atom stereocenters. The normalized spacial score (nSPS) is 12.0. The summed E-state index contributed by atoms with van der Waals surface area (Å²) in [5.41, 5.74) is 0.495. The summed E-state index contributed by atoms with van der Waals surface area (Å²) in [7, 11) is -0.152. The second kappa shape index (κ2) is 4.40. The number of alkyl halides is 1. The summed E-state index contributed by atoms with van der Waals surface area (Å²) >= 11 is 5.60. The SMILES string of the molecule is Cn1c2ccccc2c(=O)n(CCCl)[p+]1=O. The molecule has 1 aromatic carbocycles. The van der Waals surface area contributed by atoms with E-state index in [1.807, 2.05) is 6.07 Å². The van der Waals surface area contributed by atoms with Crippen molar-refractivity contribution in [2.45, 2.75) is 6.54 Å². The molecule has 0 saturated heterocycles. The molecule has 0 bridgehead atoms. The summed E-state index contributed by atoms with van der Waals surface area (Å²) in [6.45, 7) is 0.300. The number of fused-ring (bicyclic) bond motifs is 1. The Labute approximate surface area is 97.9 Å². The van der Waals surface area contributed by atoms with Crippen LogP contribution in [0.4, 0.5) is 0 Å². The minimum absolute atomic E-state index is 0.213. The van der Waals surface area contributed by atoms with Crippen molar-refractivity contribution in [3.8, 4) is 0 Å². The molecule has 2 rings (SSSR count). The third-order valence-corrected chi connectivity index (χ3v) is 4.17. The largest absolute Gasteiger partial charge is 0.598 e. The maximum absolute atomic E-state index is 12.0. The van der Waals surface area contributed by atoms with Crippen LogP contribution in [0.3, 0.4) is 0 Å². The molecule has 0 fully saturated rings. The molecule has 2 aromatic rings. The van der Waals surface area contributed by atoms with Crippen LogP contribution in [0.25, 0.3) is 10.9 Å². The van der Waals surface area contributed by atoms with E-state index in [4.69, 9.17) is 11.6 Å². The standard InChI is InChI=1S/C10H11ClN2O2P/c1-12-9-5-3-2-4-8(9)10(14)13(7-6-11)16(12)15/h2-5H,6-7H2,1H3/q+1. The van der Waals surface area contributed by atoms with Crippen LogP contribution < -0.4 is 5.56 Å². The third kappa shape index (κ3) is 1.68. The van der Waals surface area contributed by atoms with Gasteiger partial charge >= 0.3 is 7.73 Å². The minimum atomic E-state index is -1.87. The zero-order chi connectivity index (χ0) is 11.7. The number of aromatic nitrogens is 2. The van der Waals surface area contributed by atoms with E-state index in [2.05, 4.69) is 0 Å². The zero-order valence-corrected chi connectivity index (χ0v) is 10.4. The topological polar surface area (TPSA) is 44.0 Å². The molecule has 0 amide bonds. The lowest BCUT2D eigenvalue weighted by atomic mass is 10.2. The summed E-state index contributed by atoms with van der Waals surface area (Å²) in [6, 6.07) is 7.14. The fraction of sp³-hybridized carbons (Fsp3) is 0.300. The molecule has 0 spiro atoms. The quantitative estimate of drug-likeness (QED) is 0.775. The van der Waals surface area contributed by atoms with Crippen molar-refractivity contribution in [3.63, 3.8) is 0 Å². The van der Waals surface area contributed by atoms with Gasteiger partial charge in [0.25, 0.3) is 5.56 Å². The van der Waals surface area contributed by atoms with Crippen molar-refractivity contribution >= 4 is 30.2 Å². The molecule has 0 aliphatic rings. The molecule has 0 aliphatic heterocycles.